The first-order valence-corrected chi connectivity index (χ1v) is 11.5. The summed E-state index contributed by atoms with van der Waals surface area (Å²) in [7, 11) is 1.71. The highest BCUT2D eigenvalue weighted by Gasteiger charge is 2.37. The van der Waals surface area contributed by atoms with Crippen LogP contribution >= 0.6 is 0 Å². The molecule has 0 saturated carbocycles. The molecule has 2 amide bonds. The lowest BCUT2D eigenvalue weighted by molar-refractivity contribution is -0.171. The molecule has 5 rings (SSSR count). The van der Waals surface area contributed by atoms with E-state index >= 15 is 0 Å². The molecule has 1 fully saturated rings. The number of ether oxygens (including phenoxy) is 1. The number of hydrogen-bond donors (Lipinski definition) is 1. The molecule has 3 heterocycles. The van der Waals surface area contributed by atoms with Crippen molar-refractivity contribution in [2.45, 2.75) is 25.7 Å². The molecule has 4 aromatic rings. The number of nitrogens with two attached hydrogens (primary N) is 1. The Hall–Kier alpha value is -4.26. The highest BCUT2D eigenvalue weighted by molar-refractivity contribution is 6.10. The van der Waals surface area contributed by atoms with E-state index in [4.69, 9.17) is 10.5 Å². The van der Waals surface area contributed by atoms with Crippen molar-refractivity contribution in [1.82, 2.24) is 24.8 Å². The fourth-order valence-electron chi connectivity index (χ4n) is 4.49. The van der Waals surface area contributed by atoms with Gasteiger partial charge in [-0.3, -0.25) is 14.3 Å². The van der Waals surface area contributed by atoms with Crippen LogP contribution in [0.4, 0.5) is 23.4 Å². The molecule has 0 unspecified atom stereocenters. The van der Waals surface area contributed by atoms with Gasteiger partial charge in [-0.2, -0.15) is 18.3 Å². The van der Waals surface area contributed by atoms with Crippen LogP contribution in [-0.2, 0) is 29.3 Å². The van der Waals surface area contributed by atoms with E-state index in [1.807, 2.05) is 0 Å². The van der Waals surface area contributed by atoms with E-state index in [-0.39, 0.29) is 30.2 Å². The zero-order valence-electron chi connectivity index (χ0n) is 20.3. The van der Waals surface area contributed by atoms with Crippen LogP contribution in [-0.4, -0.2) is 55.9 Å². The van der Waals surface area contributed by atoms with Crippen LogP contribution in [0.3, 0.4) is 0 Å². The third-order valence-electron chi connectivity index (χ3n) is 6.44. The lowest BCUT2D eigenvalue weighted by Gasteiger charge is -2.43. The topological polar surface area (TPSA) is 107 Å². The zero-order chi connectivity index (χ0) is 27.4. The van der Waals surface area contributed by atoms with Crippen LogP contribution in [0.15, 0.2) is 42.6 Å². The molecule has 2 aromatic heterocycles. The van der Waals surface area contributed by atoms with Gasteiger partial charge >= 0.3 is 6.18 Å². The van der Waals surface area contributed by atoms with Crippen LogP contribution in [0.25, 0.3) is 21.8 Å². The molecule has 1 saturated heterocycles. The maximum atomic E-state index is 14.8. The summed E-state index contributed by atoms with van der Waals surface area (Å²) in [6.07, 6.45) is -3.18. The largest absolute Gasteiger partial charge is 0.416 e. The lowest BCUT2D eigenvalue weighted by atomic mass is 10.1. The zero-order valence-corrected chi connectivity index (χ0v) is 20.3. The minimum Gasteiger partial charge on any atom is -0.383 e. The second-order valence-electron chi connectivity index (χ2n) is 8.98. The number of hydrazine groups is 1. The van der Waals surface area contributed by atoms with Crippen LogP contribution < -0.4 is 5.73 Å². The molecule has 198 valence electrons. The van der Waals surface area contributed by atoms with E-state index in [1.54, 1.807) is 30.1 Å². The molecule has 2 N–H and O–H groups in total. The van der Waals surface area contributed by atoms with Gasteiger partial charge in [-0.25, -0.2) is 19.4 Å². The predicted molar refractivity (Wildman–Crippen MR) is 129 cm³/mol. The number of rotatable bonds is 4. The maximum Gasteiger partial charge on any atom is 0.416 e. The van der Waals surface area contributed by atoms with Crippen molar-refractivity contribution in [3.8, 4) is 0 Å². The van der Waals surface area contributed by atoms with Crippen molar-refractivity contribution in [1.29, 1.82) is 0 Å². The molecule has 0 aliphatic carbocycles. The third kappa shape index (κ3) is 4.38. The third-order valence-corrected chi connectivity index (χ3v) is 6.44. The first-order valence-electron chi connectivity index (χ1n) is 11.5. The normalized spacial score (nSPS) is 14.1. The summed E-state index contributed by atoms with van der Waals surface area (Å²) in [6, 6.07) is 6.21. The van der Waals surface area contributed by atoms with Crippen molar-refractivity contribution in [2.75, 3.05) is 18.9 Å². The Balaban J connectivity index is 1.60. The Bertz CT molecular complexity index is 1580. The Labute approximate surface area is 213 Å². The quantitative estimate of drug-likeness (QED) is 0.319. The van der Waals surface area contributed by atoms with E-state index in [1.165, 1.54) is 13.0 Å². The van der Waals surface area contributed by atoms with Gasteiger partial charge in [-0.1, -0.05) is 6.07 Å². The number of benzene rings is 2. The van der Waals surface area contributed by atoms with Crippen LogP contribution in [0.5, 0.6) is 0 Å². The Morgan fingerprint density at radius 3 is 2.50 bits per heavy atom. The first kappa shape index (κ1) is 25.4. The Kier molecular flexibility index (Phi) is 6.18. The standard InChI is InChI=1S/C25H22F4N6O3/c1-13(36)35(17-11-38-12-17)34(10-15-3-5-16(8-20(15)26)25(27,28)29)24(37)14-4-6-21-18(7-14)22-19(23(30)32-21)9-31-33(22)2/h3-9,17H,10-12H2,1-2H3,(H2,30,32). The van der Waals surface area contributed by atoms with Gasteiger partial charge in [0.15, 0.2) is 0 Å². The van der Waals surface area contributed by atoms with Crippen LogP contribution in [0.2, 0.25) is 0 Å². The fraction of sp³-hybridized carbons (Fsp3) is 0.280. The average Bonchev–Trinajstić information content (AvgIpc) is 3.22. The number of alkyl halides is 3. The summed E-state index contributed by atoms with van der Waals surface area (Å²) in [4.78, 5) is 30.9. The summed E-state index contributed by atoms with van der Waals surface area (Å²) >= 11 is 0. The Morgan fingerprint density at radius 2 is 1.89 bits per heavy atom. The van der Waals surface area contributed by atoms with E-state index in [9.17, 15) is 27.2 Å². The number of pyridine rings is 1. The molecule has 1 aliphatic heterocycles. The number of hydrogen-bond acceptors (Lipinski definition) is 6. The summed E-state index contributed by atoms with van der Waals surface area (Å²) in [6.45, 7) is 1.05. The van der Waals surface area contributed by atoms with E-state index in [0.29, 0.717) is 27.9 Å². The molecule has 0 bridgehead atoms. The number of nitrogens with zero attached hydrogens (tertiary/aromatic N) is 5. The van der Waals surface area contributed by atoms with Gasteiger partial charge in [-0.05, 0) is 30.3 Å². The number of anilines is 1. The Morgan fingerprint density at radius 1 is 1.16 bits per heavy atom. The highest BCUT2D eigenvalue weighted by Crippen LogP contribution is 2.32. The molecule has 9 nitrogen and oxygen atoms in total. The first-order chi connectivity index (χ1) is 18.0. The number of halogens is 4. The molecule has 1 aliphatic rings. The fourth-order valence-corrected chi connectivity index (χ4v) is 4.49. The minimum atomic E-state index is -4.73. The number of aromatic nitrogens is 3. The maximum absolute atomic E-state index is 14.8. The smallest absolute Gasteiger partial charge is 0.383 e. The van der Waals surface area contributed by atoms with Crippen LogP contribution in [0, 0.1) is 5.82 Å². The summed E-state index contributed by atoms with van der Waals surface area (Å²) < 4.78 is 60.8. The second kappa shape index (κ2) is 9.24. The summed E-state index contributed by atoms with van der Waals surface area (Å²) in [5, 5.41) is 7.57. The average molecular weight is 530 g/mol. The van der Waals surface area contributed by atoms with Crippen molar-refractivity contribution in [3.63, 3.8) is 0 Å². The van der Waals surface area contributed by atoms with Crippen molar-refractivity contribution in [3.05, 3.63) is 65.1 Å². The number of nitrogen functional groups attached to an aromatic ring is 1. The van der Waals surface area contributed by atoms with E-state index in [0.717, 1.165) is 22.2 Å². The van der Waals surface area contributed by atoms with Gasteiger partial charge in [0.1, 0.15) is 17.7 Å². The van der Waals surface area contributed by atoms with Gasteiger partial charge < -0.3 is 10.5 Å². The van der Waals surface area contributed by atoms with Gasteiger partial charge in [0, 0.05) is 30.5 Å². The van der Waals surface area contributed by atoms with Gasteiger partial charge in [0.25, 0.3) is 5.91 Å². The number of carbonyl (C=O) groups is 2. The monoisotopic (exact) mass is 530 g/mol. The van der Waals surface area contributed by atoms with Crippen LogP contribution in [0.1, 0.15) is 28.4 Å². The number of fused-ring (bicyclic) bond motifs is 3. The molecule has 2 aromatic carbocycles. The van der Waals surface area contributed by atoms with Crippen molar-refractivity contribution >= 4 is 39.4 Å². The highest BCUT2D eigenvalue weighted by atomic mass is 19.4. The molecule has 38 heavy (non-hydrogen) atoms. The molecule has 13 heteroatoms. The molecular weight excluding hydrogens is 508 g/mol. The molecule has 0 atom stereocenters. The number of aryl methyl sites for hydroxylation is 1. The lowest BCUT2D eigenvalue weighted by Crippen LogP contribution is -2.60. The second-order valence-corrected chi connectivity index (χ2v) is 8.98. The molecule has 0 spiro atoms. The van der Waals surface area contributed by atoms with E-state index < -0.39 is 42.0 Å². The predicted octanol–water partition coefficient (Wildman–Crippen LogP) is 3.67. The summed E-state index contributed by atoms with van der Waals surface area (Å²) in [5.74, 6) is -2.06. The van der Waals surface area contributed by atoms with Crippen molar-refractivity contribution in [2.24, 2.45) is 7.05 Å². The minimum absolute atomic E-state index is 0.144. The van der Waals surface area contributed by atoms with E-state index in [2.05, 4.69) is 10.1 Å². The van der Waals surface area contributed by atoms with Crippen molar-refractivity contribution < 1.29 is 31.9 Å². The number of carbonyl (C=O) groups excluding carboxylic acids is 2. The molecular formula is C25H22F4N6O3. The summed E-state index contributed by atoms with van der Waals surface area (Å²) in [5.41, 5.74) is 5.98. The van der Waals surface area contributed by atoms with Gasteiger partial charge in [-0.15, -0.1) is 0 Å². The molecule has 0 radical (unpaired) electrons. The van der Waals surface area contributed by atoms with Gasteiger partial charge in [0.05, 0.1) is 47.9 Å². The number of amides is 2. The SMILES string of the molecule is CC(=O)N(C1COC1)N(Cc1ccc(C(F)(F)F)cc1F)C(=O)c1ccc2nc(N)c3cnn(C)c3c2c1. The van der Waals surface area contributed by atoms with Gasteiger partial charge in [0.2, 0.25) is 5.91 Å².